The van der Waals surface area contributed by atoms with E-state index in [9.17, 15) is 0 Å². The lowest BCUT2D eigenvalue weighted by Crippen LogP contribution is -2.32. The summed E-state index contributed by atoms with van der Waals surface area (Å²) >= 11 is 7.13. The highest BCUT2D eigenvalue weighted by Crippen LogP contribution is 2.36. The number of aryl methyl sites for hydroxylation is 1. The van der Waals surface area contributed by atoms with Gasteiger partial charge < -0.3 is 0 Å². The first-order valence-corrected chi connectivity index (χ1v) is 11.0. The maximum Gasteiger partial charge on any atom is 0.107 e. The Morgan fingerprint density at radius 1 is 1.20 bits per heavy atom. The summed E-state index contributed by atoms with van der Waals surface area (Å²) in [6.07, 6.45) is 4.28. The Morgan fingerprint density at radius 3 is 2.64 bits per heavy atom. The molecule has 1 aliphatic heterocycles. The topological polar surface area (TPSA) is 29.0 Å². The molecule has 6 heteroatoms. The molecule has 0 spiro atoms. The zero-order valence-corrected chi connectivity index (χ0v) is 17.3. The summed E-state index contributed by atoms with van der Waals surface area (Å²) < 4.78 is 1.11. The van der Waals surface area contributed by atoms with Crippen molar-refractivity contribution < 1.29 is 0 Å². The Hall–Kier alpha value is -1.08. The lowest BCUT2D eigenvalue weighted by Gasteiger charge is -2.30. The van der Waals surface area contributed by atoms with Crippen molar-refractivity contribution in [2.75, 3.05) is 13.1 Å². The maximum atomic E-state index is 5.01. The summed E-state index contributed by atoms with van der Waals surface area (Å²) in [7, 11) is 0. The first-order valence-electron chi connectivity index (χ1n) is 8.53. The molecule has 1 aromatic carbocycles. The van der Waals surface area contributed by atoms with Crippen molar-refractivity contribution in [2.45, 2.75) is 32.2 Å². The molecule has 0 saturated carbocycles. The van der Waals surface area contributed by atoms with Crippen molar-refractivity contribution in [3.63, 3.8) is 0 Å². The molecule has 1 fully saturated rings. The molecule has 0 amide bonds. The average Bonchev–Trinajstić information content (AvgIpc) is 3.26. The van der Waals surface area contributed by atoms with Crippen LogP contribution >= 0.6 is 38.6 Å². The van der Waals surface area contributed by atoms with Crippen LogP contribution < -0.4 is 0 Å². The van der Waals surface area contributed by atoms with Gasteiger partial charge in [0.15, 0.2) is 0 Å². The van der Waals surface area contributed by atoms with Gasteiger partial charge in [-0.2, -0.15) is 0 Å². The first kappa shape index (κ1) is 17.3. The lowest BCUT2D eigenvalue weighted by atomic mass is 9.97. The molecular weight excluding hydrogens is 414 g/mol. The number of piperidine rings is 1. The molecule has 1 aliphatic rings. The third-order valence-electron chi connectivity index (χ3n) is 4.71. The number of benzene rings is 1. The molecule has 0 unspecified atom stereocenters. The van der Waals surface area contributed by atoms with Crippen molar-refractivity contribution in [1.82, 2.24) is 14.9 Å². The molecule has 1 saturated heterocycles. The van der Waals surface area contributed by atoms with Crippen LogP contribution in [0.5, 0.6) is 0 Å². The van der Waals surface area contributed by atoms with Gasteiger partial charge >= 0.3 is 0 Å². The van der Waals surface area contributed by atoms with E-state index in [0.717, 1.165) is 29.8 Å². The van der Waals surface area contributed by atoms with Crippen LogP contribution in [-0.4, -0.2) is 28.0 Å². The van der Waals surface area contributed by atoms with Crippen LogP contribution in [0.15, 0.2) is 40.3 Å². The molecule has 0 aliphatic carbocycles. The summed E-state index contributed by atoms with van der Waals surface area (Å²) in [5.41, 5.74) is 2.36. The Bertz CT molecular complexity index is 819. The average molecular weight is 434 g/mol. The minimum atomic E-state index is 0.598. The molecule has 0 radical (unpaired) electrons. The summed E-state index contributed by atoms with van der Waals surface area (Å²) in [5.74, 6) is 0.598. The fourth-order valence-electron chi connectivity index (χ4n) is 3.33. The summed E-state index contributed by atoms with van der Waals surface area (Å²) in [6.45, 7) is 5.45. The van der Waals surface area contributed by atoms with Gasteiger partial charge in [-0.3, -0.25) is 4.90 Å². The number of aromatic nitrogens is 2. The van der Waals surface area contributed by atoms with Gasteiger partial charge in [-0.1, -0.05) is 28.1 Å². The molecule has 25 heavy (non-hydrogen) atoms. The molecule has 3 aromatic rings. The number of hydrogen-bond donors (Lipinski definition) is 0. The van der Waals surface area contributed by atoms with Crippen LogP contribution in [0.25, 0.3) is 11.3 Å². The van der Waals surface area contributed by atoms with Crippen LogP contribution in [0.4, 0.5) is 0 Å². The van der Waals surface area contributed by atoms with Gasteiger partial charge in [-0.25, -0.2) is 9.97 Å². The summed E-state index contributed by atoms with van der Waals surface area (Å²) in [4.78, 5) is 13.3. The monoisotopic (exact) mass is 433 g/mol. The second kappa shape index (κ2) is 7.66. The van der Waals surface area contributed by atoms with Crippen LogP contribution in [0.1, 0.15) is 33.7 Å². The number of thiazole rings is 2. The van der Waals surface area contributed by atoms with Crippen molar-refractivity contribution in [3.8, 4) is 11.3 Å². The third kappa shape index (κ3) is 4.03. The standard InChI is InChI=1S/C19H20BrN3S2/c1-13-18(14-2-4-16(20)5-3-14)22-19(25-13)15-6-9-23(10-7-15)12-17-21-8-11-24-17/h2-5,8,11,15H,6-7,9-10,12H2,1H3. The molecule has 2 aromatic heterocycles. The quantitative estimate of drug-likeness (QED) is 0.526. The predicted octanol–water partition coefficient (Wildman–Crippen LogP) is 5.72. The molecule has 130 valence electrons. The van der Waals surface area contributed by atoms with E-state index in [1.165, 1.54) is 33.3 Å². The second-order valence-corrected chi connectivity index (χ2v) is 9.57. The Balaban J connectivity index is 1.43. The lowest BCUT2D eigenvalue weighted by molar-refractivity contribution is 0.204. The van der Waals surface area contributed by atoms with Crippen LogP contribution in [-0.2, 0) is 6.54 Å². The van der Waals surface area contributed by atoms with E-state index in [0.29, 0.717) is 5.92 Å². The van der Waals surface area contributed by atoms with Gasteiger partial charge in [-0.05, 0) is 45.0 Å². The molecule has 0 bridgehead atoms. The molecule has 0 atom stereocenters. The first-order chi connectivity index (χ1) is 12.2. The van der Waals surface area contributed by atoms with Gasteiger partial charge in [0.1, 0.15) is 5.01 Å². The van der Waals surface area contributed by atoms with Crippen molar-refractivity contribution in [1.29, 1.82) is 0 Å². The molecule has 0 N–H and O–H groups in total. The Morgan fingerprint density at radius 2 is 1.96 bits per heavy atom. The van der Waals surface area contributed by atoms with E-state index in [2.05, 4.69) is 62.4 Å². The van der Waals surface area contributed by atoms with Gasteiger partial charge in [0.25, 0.3) is 0 Å². The summed E-state index contributed by atoms with van der Waals surface area (Å²) in [6, 6.07) is 8.47. The molecule has 4 rings (SSSR count). The minimum absolute atomic E-state index is 0.598. The zero-order chi connectivity index (χ0) is 17.2. The maximum absolute atomic E-state index is 5.01. The minimum Gasteiger partial charge on any atom is -0.297 e. The highest BCUT2D eigenvalue weighted by Gasteiger charge is 2.24. The number of halogens is 1. The highest BCUT2D eigenvalue weighted by molar-refractivity contribution is 9.10. The van der Waals surface area contributed by atoms with E-state index in [4.69, 9.17) is 4.98 Å². The summed E-state index contributed by atoms with van der Waals surface area (Å²) in [5, 5.41) is 4.59. The fourth-order valence-corrected chi connectivity index (χ4v) is 5.36. The van der Waals surface area contributed by atoms with Gasteiger partial charge in [0.05, 0.1) is 17.2 Å². The molecular formula is C19H20BrN3S2. The normalized spacial score (nSPS) is 16.4. The Kier molecular flexibility index (Phi) is 5.31. The zero-order valence-electron chi connectivity index (χ0n) is 14.1. The second-order valence-electron chi connectivity index (χ2n) is 6.44. The van der Waals surface area contributed by atoms with E-state index in [1.807, 2.05) is 17.5 Å². The Labute approximate surface area is 164 Å². The van der Waals surface area contributed by atoms with Gasteiger partial charge in [0.2, 0.25) is 0 Å². The molecule has 3 nitrogen and oxygen atoms in total. The highest BCUT2D eigenvalue weighted by atomic mass is 79.9. The van der Waals surface area contributed by atoms with Crippen LogP contribution in [0, 0.1) is 6.92 Å². The van der Waals surface area contributed by atoms with E-state index in [1.54, 1.807) is 11.3 Å². The largest absolute Gasteiger partial charge is 0.297 e. The fraction of sp³-hybridized carbons (Fsp3) is 0.368. The SMILES string of the molecule is Cc1sc(C2CCN(Cc3nccs3)CC2)nc1-c1ccc(Br)cc1. The van der Waals surface area contributed by atoms with Crippen molar-refractivity contribution in [2.24, 2.45) is 0 Å². The van der Waals surface area contributed by atoms with Crippen LogP contribution in [0.3, 0.4) is 0 Å². The van der Waals surface area contributed by atoms with Gasteiger partial charge in [0, 0.05) is 32.4 Å². The predicted molar refractivity (Wildman–Crippen MR) is 109 cm³/mol. The molecule has 3 heterocycles. The number of likely N-dealkylation sites (tertiary alicyclic amines) is 1. The number of hydrogen-bond acceptors (Lipinski definition) is 5. The number of rotatable bonds is 4. The van der Waals surface area contributed by atoms with Gasteiger partial charge in [-0.15, -0.1) is 22.7 Å². The van der Waals surface area contributed by atoms with E-state index in [-0.39, 0.29) is 0 Å². The number of nitrogens with zero attached hydrogens (tertiary/aromatic N) is 3. The van der Waals surface area contributed by atoms with Crippen molar-refractivity contribution in [3.05, 3.63) is 55.2 Å². The van der Waals surface area contributed by atoms with Crippen LogP contribution in [0.2, 0.25) is 0 Å². The third-order valence-corrected chi connectivity index (χ3v) is 7.14. The van der Waals surface area contributed by atoms with Crippen molar-refractivity contribution >= 4 is 38.6 Å². The smallest absolute Gasteiger partial charge is 0.107 e. The van der Waals surface area contributed by atoms with E-state index >= 15 is 0 Å². The van der Waals surface area contributed by atoms with E-state index < -0.39 is 0 Å².